The van der Waals surface area contributed by atoms with E-state index >= 15 is 0 Å². The highest BCUT2D eigenvalue weighted by Crippen LogP contribution is 2.73. The van der Waals surface area contributed by atoms with Crippen molar-refractivity contribution in [1.82, 2.24) is 0 Å². The normalized spacial score (nSPS) is 51.9. The Morgan fingerprint density at radius 1 is 0.880 bits per heavy atom. The summed E-state index contributed by atoms with van der Waals surface area (Å²) in [6, 6.07) is 0. The lowest BCUT2D eigenvalue weighted by Gasteiger charge is -2.60. The molecule has 0 aromatic rings. The lowest BCUT2D eigenvalue weighted by Crippen LogP contribution is -2.52. The predicted octanol–water partition coefficient (Wildman–Crippen LogP) is 7.23. The van der Waals surface area contributed by atoms with E-state index in [2.05, 4.69) is 33.1 Å². The van der Waals surface area contributed by atoms with Crippen LogP contribution in [0.3, 0.4) is 0 Å². The zero-order chi connectivity index (χ0) is 17.4. The molecular formula is C25H36. The van der Waals surface area contributed by atoms with E-state index in [-0.39, 0.29) is 0 Å². The molecule has 5 aliphatic rings. The summed E-state index contributed by atoms with van der Waals surface area (Å²) in [5.74, 6) is 2.92. The Labute approximate surface area is 154 Å². The molecule has 4 saturated carbocycles. The van der Waals surface area contributed by atoms with Crippen LogP contribution < -0.4 is 0 Å². The van der Waals surface area contributed by atoms with Gasteiger partial charge in [-0.05, 0) is 105 Å². The van der Waals surface area contributed by atoms with Crippen molar-refractivity contribution in [1.29, 1.82) is 0 Å². The van der Waals surface area contributed by atoms with E-state index in [1.54, 1.807) is 11.1 Å². The topological polar surface area (TPSA) is 0 Å². The molecule has 0 aromatic heterocycles. The van der Waals surface area contributed by atoms with Gasteiger partial charge in [-0.1, -0.05) is 49.8 Å². The fraction of sp³-hybridized carbons (Fsp3) is 0.760. The van der Waals surface area contributed by atoms with Crippen LogP contribution in [0, 0.1) is 34.0 Å². The van der Waals surface area contributed by atoms with Crippen molar-refractivity contribution in [2.45, 2.75) is 84.5 Å². The molecule has 0 bridgehead atoms. The molecule has 0 aromatic carbocycles. The highest BCUT2D eigenvalue weighted by atomic mass is 14.7. The van der Waals surface area contributed by atoms with Gasteiger partial charge >= 0.3 is 0 Å². The SMILES string of the molecule is C=C1C=C2CCC3C(CC[C@@]4(C)C3CCC43CCC(=C)C3)[C@@]2(C)CC1. The van der Waals surface area contributed by atoms with E-state index in [1.165, 1.54) is 76.2 Å². The number of hydrogen-bond donors (Lipinski definition) is 0. The molecular weight excluding hydrogens is 300 g/mol. The summed E-state index contributed by atoms with van der Waals surface area (Å²) in [7, 11) is 0. The molecule has 4 fully saturated rings. The van der Waals surface area contributed by atoms with Crippen LogP contribution in [0.15, 0.2) is 36.0 Å². The molecule has 136 valence electrons. The molecule has 0 saturated heterocycles. The van der Waals surface area contributed by atoms with Crippen LogP contribution in [0.1, 0.15) is 84.5 Å². The van der Waals surface area contributed by atoms with Crippen molar-refractivity contribution >= 4 is 0 Å². The third-order valence-corrected chi connectivity index (χ3v) is 10.2. The van der Waals surface area contributed by atoms with Crippen molar-refractivity contribution in [3.63, 3.8) is 0 Å². The van der Waals surface area contributed by atoms with Crippen LogP contribution in [-0.4, -0.2) is 0 Å². The molecule has 0 N–H and O–H groups in total. The highest BCUT2D eigenvalue weighted by Gasteiger charge is 2.64. The lowest BCUT2D eigenvalue weighted by molar-refractivity contribution is -0.0768. The molecule has 5 rings (SSSR count). The average Bonchev–Trinajstić information content (AvgIpc) is 3.10. The van der Waals surface area contributed by atoms with Gasteiger partial charge in [0, 0.05) is 0 Å². The number of hydrogen-bond acceptors (Lipinski definition) is 0. The molecule has 0 radical (unpaired) electrons. The largest absolute Gasteiger partial charge is 0.0998 e. The van der Waals surface area contributed by atoms with Crippen LogP contribution in [0.4, 0.5) is 0 Å². The van der Waals surface area contributed by atoms with Crippen molar-refractivity contribution in [2.75, 3.05) is 0 Å². The molecule has 25 heavy (non-hydrogen) atoms. The van der Waals surface area contributed by atoms with Gasteiger partial charge in [-0.2, -0.15) is 0 Å². The number of allylic oxidation sites excluding steroid dienone is 4. The molecule has 0 heterocycles. The van der Waals surface area contributed by atoms with Crippen LogP contribution in [0.5, 0.6) is 0 Å². The summed E-state index contributed by atoms with van der Waals surface area (Å²) in [6.45, 7) is 14.0. The molecule has 4 unspecified atom stereocenters. The molecule has 0 aliphatic heterocycles. The Balaban J connectivity index is 1.49. The first-order valence-corrected chi connectivity index (χ1v) is 10.9. The Kier molecular flexibility index (Phi) is 3.37. The summed E-state index contributed by atoms with van der Waals surface area (Å²) < 4.78 is 0. The van der Waals surface area contributed by atoms with Crippen molar-refractivity contribution in [3.05, 3.63) is 36.0 Å². The van der Waals surface area contributed by atoms with Crippen molar-refractivity contribution in [3.8, 4) is 0 Å². The summed E-state index contributed by atoms with van der Waals surface area (Å²) in [6.07, 6.45) is 18.0. The van der Waals surface area contributed by atoms with Gasteiger partial charge < -0.3 is 0 Å². The summed E-state index contributed by atoms with van der Waals surface area (Å²) >= 11 is 0. The lowest BCUT2D eigenvalue weighted by atomic mass is 9.45. The standard InChI is InChI=1S/C25H36/c1-17-7-11-23(3)19(15-17)5-6-20-21(23)9-12-24(4)22(20)10-14-25(24)13-8-18(2)16-25/h15,20-22H,1-2,5-14,16H2,3-4H3/t20?,21?,22?,23-,24-,25?/m0/s1. The Hall–Kier alpha value is -0.780. The van der Waals surface area contributed by atoms with E-state index in [1.807, 2.05) is 0 Å². The molecule has 1 spiro atoms. The minimum Gasteiger partial charge on any atom is -0.0998 e. The van der Waals surface area contributed by atoms with Gasteiger partial charge in [0.1, 0.15) is 0 Å². The predicted molar refractivity (Wildman–Crippen MR) is 106 cm³/mol. The maximum atomic E-state index is 4.38. The van der Waals surface area contributed by atoms with Gasteiger partial charge in [-0.25, -0.2) is 0 Å². The van der Waals surface area contributed by atoms with Crippen LogP contribution in [0.25, 0.3) is 0 Å². The Bertz CT molecular complexity index is 666. The van der Waals surface area contributed by atoms with Crippen LogP contribution in [0.2, 0.25) is 0 Å². The average molecular weight is 337 g/mol. The molecule has 0 heteroatoms. The van der Waals surface area contributed by atoms with Gasteiger partial charge in [0.2, 0.25) is 0 Å². The van der Waals surface area contributed by atoms with E-state index in [4.69, 9.17) is 0 Å². The van der Waals surface area contributed by atoms with Gasteiger partial charge in [0.05, 0.1) is 0 Å². The van der Waals surface area contributed by atoms with E-state index in [0.717, 1.165) is 17.8 Å². The summed E-state index contributed by atoms with van der Waals surface area (Å²) in [5, 5.41) is 0. The summed E-state index contributed by atoms with van der Waals surface area (Å²) in [4.78, 5) is 0. The zero-order valence-corrected chi connectivity index (χ0v) is 16.5. The number of fused-ring (bicyclic) bond motifs is 6. The second-order valence-corrected chi connectivity index (χ2v) is 10.9. The van der Waals surface area contributed by atoms with Crippen LogP contribution >= 0.6 is 0 Å². The quantitative estimate of drug-likeness (QED) is 0.409. The fourth-order valence-corrected chi connectivity index (χ4v) is 8.65. The first-order chi connectivity index (χ1) is 11.9. The fourth-order valence-electron chi connectivity index (χ4n) is 8.65. The van der Waals surface area contributed by atoms with E-state index < -0.39 is 0 Å². The van der Waals surface area contributed by atoms with Gasteiger partial charge in [0.15, 0.2) is 0 Å². The first-order valence-electron chi connectivity index (χ1n) is 10.9. The monoisotopic (exact) mass is 336 g/mol. The number of rotatable bonds is 0. The maximum absolute atomic E-state index is 4.38. The van der Waals surface area contributed by atoms with Gasteiger partial charge in [-0.3, -0.25) is 0 Å². The Morgan fingerprint density at radius 3 is 2.44 bits per heavy atom. The molecule has 0 nitrogen and oxygen atoms in total. The van der Waals surface area contributed by atoms with Gasteiger partial charge in [-0.15, -0.1) is 0 Å². The summed E-state index contributed by atoms with van der Waals surface area (Å²) in [5.41, 5.74) is 6.41. The van der Waals surface area contributed by atoms with Gasteiger partial charge in [0.25, 0.3) is 0 Å². The maximum Gasteiger partial charge on any atom is -0.00790 e. The smallest absolute Gasteiger partial charge is 0.00790 e. The van der Waals surface area contributed by atoms with E-state index in [9.17, 15) is 0 Å². The van der Waals surface area contributed by atoms with Crippen molar-refractivity contribution in [2.24, 2.45) is 34.0 Å². The second-order valence-electron chi connectivity index (χ2n) is 10.9. The third kappa shape index (κ3) is 2.00. The Morgan fingerprint density at radius 2 is 1.68 bits per heavy atom. The second kappa shape index (κ2) is 5.14. The first kappa shape index (κ1) is 16.4. The van der Waals surface area contributed by atoms with Crippen molar-refractivity contribution < 1.29 is 0 Å². The minimum absolute atomic E-state index is 0.487. The third-order valence-electron chi connectivity index (χ3n) is 10.2. The minimum atomic E-state index is 0.487. The zero-order valence-electron chi connectivity index (χ0n) is 16.5. The molecule has 6 atom stereocenters. The molecule has 5 aliphatic carbocycles. The van der Waals surface area contributed by atoms with Crippen LogP contribution in [-0.2, 0) is 0 Å². The van der Waals surface area contributed by atoms with E-state index in [0.29, 0.717) is 16.2 Å². The highest BCUT2D eigenvalue weighted by molar-refractivity contribution is 5.33. The molecule has 0 amide bonds.